The molecule has 0 aromatic rings. The Morgan fingerprint density at radius 3 is 1.46 bits per heavy atom. The van der Waals surface area contributed by atoms with Gasteiger partial charge in [0.15, 0.2) is 11.9 Å². The van der Waals surface area contributed by atoms with Crippen LogP contribution in [0.2, 0.25) is 0 Å². The topological polar surface area (TPSA) is 439 Å². The molecule has 3 aliphatic heterocycles. The summed E-state index contributed by atoms with van der Waals surface area (Å²) in [5.74, 6) is -7.82. The number of nitrogens with one attached hydrogen (secondary N) is 5. The molecule has 3 rings (SSSR count). The van der Waals surface area contributed by atoms with Gasteiger partial charge in [-0.2, -0.15) is 0 Å². The molecule has 3 heterocycles. The molecular weight excluding hydrogens is 907 g/mol. The molecule has 18 N–H and O–H groups in total. The monoisotopic (exact) mass is 980 g/mol. The van der Waals surface area contributed by atoms with Gasteiger partial charge in [0, 0.05) is 32.7 Å². The van der Waals surface area contributed by atoms with E-state index in [-0.39, 0.29) is 95.5 Å². The van der Waals surface area contributed by atoms with Crippen molar-refractivity contribution in [3.05, 3.63) is 0 Å². The number of guanidine groups is 2. The fourth-order valence-electron chi connectivity index (χ4n) is 8.37. The van der Waals surface area contributed by atoms with Crippen molar-refractivity contribution in [3.63, 3.8) is 0 Å². The van der Waals surface area contributed by atoms with Crippen LogP contribution in [-0.2, 0) is 43.2 Å². The minimum Gasteiger partial charge on any atom is -0.480 e. The Morgan fingerprint density at radius 1 is 0.594 bits per heavy atom. The molecule has 3 saturated heterocycles. The first-order chi connectivity index (χ1) is 32.5. The highest BCUT2D eigenvalue weighted by Crippen LogP contribution is 2.24. The summed E-state index contributed by atoms with van der Waals surface area (Å²) in [6, 6.07) is -11.1. The van der Waals surface area contributed by atoms with Crippen molar-refractivity contribution in [2.24, 2.45) is 44.6 Å². The molecular formula is C42H73N15O12. The van der Waals surface area contributed by atoms with Crippen molar-refractivity contribution in [1.29, 1.82) is 0 Å². The number of nitrogens with two attached hydrogens (primary N) is 5. The standard InChI is InChI=1S/C42H73N15O12/c1-21(2)30(43)36(64)50-22(3)37(65)55-17-7-12-27(55)34(62)53-26(20-58)32(60)51-24(10-5-15-48-41(44)45)38(66)56-18-8-14-29(56)35(63)54-31(23(4)59)39(67)57-19-9-13-28(57)33(61)52-25(40(68)69)11-6-16-49-42(46)47/h21-31,58-59H,5-20,43H2,1-4H3,(H,50,64)(H,51,60)(H,52,61)(H,53,62)(H,54,63)(H,68,69)(H4,44,45,48)(H4,46,47,49). The van der Waals surface area contributed by atoms with Gasteiger partial charge in [-0.25, -0.2) is 4.79 Å². The lowest BCUT2D eigenvalue weighted by atomic mass is 10.0. The second-order valence-electron chi connectivity index (χ2n) is 17.9. The van der Waals surface area contributed by atoms with Gasteiger partial charge in [-0.3, -0.25) is 48.3 Å². The van der Waals surface area contributed by atoms with Crippen LogP contribution in [-0.4, -0.2) is 195 Å². The highest BCUT2D eigenvalue weighted by atomic mass is 16.4. The van der Waals surface area contributed by atoms with Crippen molar-refractivity contribution in [2.75, 3.05) is 39.3 Å². The predicted octanol–water partition coefficient (Wildman–Crippen LogP) is -6.05. The van der Waals surface area contributed by atoms with E-state index >= 15 is 0 Å². The lowest BCUT2D eigenvalue weighted by molar-refractivity contribution is -0.147. The third-order valence-corrected chi connectivity index (χ3v) is 12.2. The Kier molecular flexibility index (Phi) is 22.3. The molecule has 10 unspecified atom stereocenters. The second kappa shape index (κ2) is 27.0. The maximum Gasteiger partial charge on any atom is 0.326 e. The lowest BCUT2D eigenvalue weighted by Crippen LogP contribution is -2.61. The average molecular weight is 980 g/mol. The zero-order chi connectivity index (χ0) is 51.7. The van der Waals surface area contributed by atoms with Gasteiger partial charge in [-0.05, 0) is 84.0 Å². The van der Waals surface area contributed by atoms with E-state index in [2.05, 4.69) is 36.6 Å². The number of hydrogen-bond donors (Lipinski definition) is 13. The minimum absolute atomic E-state index is 0.0116. The quantitative estimate of drug-likeness (QED) is 0.0230. The Hall–Kier alpha value is -6.35. The van der Waals surface area contributed by atoms with Crippen LogP contribution in [0.25, 0.3) is 0 Å². The molecule has 0 saturated carbocycles. The number of likely N-dealkylation sites (tertiary alicyclic amines) is 3. The van der Waals surface area contributed by atoms with Gasteiger partial charge in [0.2, 0.25) is 47.3 Å². The molecule has 3 fully saturated rings. The summed E-state index contributed by atoms with van der Waals surface area (Å²) in [5.41, 5.74) is 27.5. The first-order valence-corrected chi connectivity index (χ1v) is 23.3. The summed E-state index contributed by atoms with van der Waals surface area (Å²) in [4.78, 5) is 132. The number of carbonyl (C=O) groups excluding carboxylic acids is 8. The molecule has 69 heavy (non-hydrogen) atoms. The third-order valence-electron chi connectivity index (χ3n) is 12.2. The third kappa shape index (κ3) is 16.4. The average Bonchev–Trinajstić information content (AvgIpc) is 4.10. The van der Waals surface area contributed by atoms with E-state index in [1.807, 2.05) is 0 Å². The molecule has 388 valence electrons. The fourth-order valence-corrected chi connectivity index (χ4v) is 8.37. The molecule has 3 aliphatic rings. The number of aliphatic hydroxyl groups excluding tert-OH is 2. The van der Waals surface area contributed by atoms with E-state index in [0.717, 1.165) is 4.90 Å². The Labute approximate surface area is 400 Å². The largest absolute Gasteiger partial charge is 0.480 e. The summed E-state index contributed by atoms with van der Waals surface area (Å²) >= 11 is 0. The molecule has 27 heteroatoms. The number of aliphatic hydroxyl groups is 2. The van der Waals surface area contributed by atoms with Gasteiger partial charge in [-0.1, -0.05) is 13.8 Å². The van der Waals surface area contributed by atoms with Gasteiger partial charge in [0.25, 0.3) is 0 Å². The van der Waals surface area contributed by atoms with Crippen LogP contribution in [0.1, 0.15) is 91.9 Å². The minimum atomic E-state index is -1.60. The molecule has 0 aliphatic carbocycles. The maximum atomic E-state index is 14.3. The normalized spacial score (nSPS) is 20.9. The first kappa shape index (κ1) is 57.0. The van der Waals surface area contributed by atoms with E-state index < -0.39 is 120 Å². The molecule has 0 spiro atoms. The maximum absolute atomic E-state index is 14.3. The summed E-state index contributed by atoms with van der Waals surface area (Å²) in [6.45, 7) is 5.78. The van der Waals surface area contributed by atoms with Gasteiger partial charge < -0.3 is 85.3 Å². The summed E-state index contributed by atoms with van der Waals surface area (Å²) < 4.78 is 0. The van der Waals surface area contributed by atoms with Crippen molar-refractivity contribution >= 4 is 65.1 Å². The van der Waals surface area contributed by atoms with E-state index in [1.54, 1.807) is 13.8 Å². The molecule has 0 radical (unpaired) electrons. The number of carboxylic acids is 1. The second-order valence-corrected chi connectivity index (χ2v) is 17.9. The zero-order valence-corrected chi connectivity index (χ0v) is 39.8. The van der Waals surface area contributed by atoms with Crippen LogP contribution >= 0.6 is 0 Å². The molecule has 8 amide bonds. The SMILES string of the molecule is CC(NC(=O)C(N)C(C)C)C(=O)N1CCCC1C(=O)NC(CO)C(=O)NC(CCCN=C(N)N)C(=O)N1CCCC1C(=O)NC(C(=O)N1CCCC1C(=O)NC(CCCN=C(N)N)C(=O)O)C(C)O. The number of aliphatic carboxylic acids is 1. The van der Waals surface area contributed by atoms with Crippen molar-refractivity contribution < 1.29 is 58.5 Å². The summed E-state index contributed by atoms with van der Waals surface area (Å²) in [6.07, 6.45) is 0.464. The van der Waals surface area contributed by atoms with E-state index in [4.69, 9.17) is 28.7 Å². The predicted molar refractivity (Wildman–Crippen MR) is 249 cm³/mol. The lowest BCUT2D eigenvalue weighted by Gasteiger charge is -2.33. The number of carbonyl (C=O) groups is 9. The Morgan fingerprint density at radius 2 is 1.03 bits per heavy atom. The smallest absolute Gasteiger partial charge is 0.326 e. The molecule has 27 nitrogen and oxygen atoms in total. The van der Waals surface area contributed by atoms with Crippen molar-refractivity contribution in [1.82, 2.24) is 41.3 Å². The van der Waals surface area contributed by atoms with Crippen molar-refractivity contribution in [2.45, 2.75) is 152 Å². The number of aliphatic imine (C=N–C) groups is 2. The van der Waals surface area contributed by atoms with Gasteiger partial charge in [0.05, 0.1) is 18.8 Å². The van der Waals surface area contributed by atoms with Gasteiger partial charge in [0.1, 0.15) is 48.3 Å². The summed E-state index contributed by atoms with van der Waals surface area (Å²) in [5, 5.41) is 43.4. The van der Waals surface area contributed by atoms with Crippen LogP contribution in [0.5, 0.6) is 0 Å². The van der Waals surface area contributed by atoms with Crippen LogP contribution in [0, 0.1) is 5.92 Å². The summed E-state index contributed by atoms with van der Waals surface area (Å²) in [7, 11) is 0. The van der Waals surface area contributed by atoms with Crippen LogP contribution in [0.15, 0.2) is 9.98 Å². The zero-order valence-electron chi connectivity index (χ0n) is 39.8. The van der Waals surface area contributed by atoms with E-state index in [9.17, 15) is 58.5 Å². The number of hydrogen-bond acceptors (Lipinski definition) is 14. The van der Waals surface area contributed by atoms with E-state index in [0.29, 0.717) is 19.3 Å². The highest BCUT2D eigenvalue weighted by Gasteiger charge is 2.44. The number of carboxylic acid groups (broad SMARTS) is 1. The molecule has 10 atom stereocenters. The highest BCUT2D eigenvalue weighted by molar-refractivity contribution is 5.98. The van der Waals surface area contributed by atoms with Gasteiger partial charge >= 0.3 is 5.97 Å². The van der Waals surface area contributed by atoms with Crippen LogP contribution in [0.3, 0.4) is 0 Å². The first-order valence-electron chi connectivity index (χ1n) is 23.3. The number of nitrogens with zero attached hydrogens (tertiary/aromatic N) is 5. The Bertz CT molecular complexity index is 1910. The molecule has 0 aromatic heterocycles. The number of amides is 8. The van der Waals surface area contributed by atoms with Crippen LogP contribution < -0.4 is 55.3 Å². The fraction of sp³-hybridized carbons (Fsp3) is 0.738. The molecule has 0 bridgehead atoms. The van der Waals surface area contributed by atoms with E-state index in [1.165, 1.54) is 23.6 Å². The van der Waals surface area contributed by atoms with Gasteiger partial charge in [-0.15, -0.1) is 0 Å². The molecule has 0 aromatic carbocycles. The van der Waals surface area contributed by atoms with Crippen molar-refractivity contribution in [3.8, 4) is 0 Å². The Balaban J connectivity index is 1.74. The van der Waals surface area contributed by atoms with Crippen LogP contribution in [0.4, 0.5) is 0 Å². The number of rotatable bonds is 25.